The van der Waals surface area contributed by atoms with Crippen LogP contribution in [0.1, 0.15) is 30.9 Å². The highest BCUT2D eigenvalue weighted by molar-refractivity contribution is 5.69. The van der Waals surface area contributed by atoms with Crippen LogP contribution in [0, 0.1) is 16.7 Å². The van der Waals surface area contributed by atoms with E-state index in [1.54, 1.807) is 0 Å². The molecule has 1 atom stereocenters. The normalized spacial score (nSPS) is 22.1. The quantitative estimate of drug-likeness (QED) is 0.802. The Morgan fingerprint density at radius 1 is 1.39 bits per heavy atom. The molecule has 3 nitrogen and oxygen atoms in total. The average molecular weight is 235 g/mol. The lowest BCUT2D eigenvalue weighted by molar-refractivity contribution is 0.466. The van der Waals surface area contributed by atoms with E-state index in [1.165, 1.54) is 16.8 Å². The van der Waals surface area contributed by atoms with Crippen molar-refractivity contribution in [3.8, 4) is 17.3 Å². The van der Waals surface area contributed by atoms with E-state index in [-0.39, 0.29) is 5.41 Å². The minimum atomic E-state index is -0.0797. The maximum atomic E-state index is 9.29. The van der Waals surface area contributed by atoms with Gasteiger partial charge in [0.25, 0.3) is 0 Å². The van der Waals surface area contributed by atoms with Crippen LogP contribution in [-0.4, -0.2) is 9.55 Å². The molecule has 1 aromatic carbocycles. The molecule has 1 fully saturated rings. The second kappa shape index (κ2) is 3.23. The fourth-order valence-corrected chi connectivity index (χ4v) is 3.02. The van der Waals surface area contributed by atoms with Gasteiger partial charge in [-0.2, -0.15) is 5.26 Å². The van der Waals surface area contributed by atoms with Gasteiger partial charge in [-0.3, -0.25) is 0 Å². The molecule has 1 aliphatic carbocycles. The second-order valence-electron chi connectivity index (χ2n) is 5.39. The largest absolute Gasteiger partial charge is 0.323 e. The van der Waals surface area contributed by atoms with Crippen molar-refractivity contribution in [2.24, 2.45) is 5.41 Å². The summed E-state index contributed by atoms with van der Waals surface area (Å²) in [6.07, 6.45) is 6.83. The summed E-state index contributed by atoms with van der Waals surface area (Å²) in [7, 11) is 0. The van der Waals surface area contributed by atoms with Crippen LogP contribution in [0.25, 0.3) is 11.3 Å². The van der Waals surface area contributed by atoms with E-state index in [1.807, 2.05) is 12.5 Å². The fraction of sp³-hybridized carbons (Fsp3) is 0.333. The molecule has 1 aliphatic heterocycles. The fourth-order valence-electron chi connectivity index (χ4n) is 3.02. The highest BCUT2D eigenvalue weighted by atomic mass is 15.1. The number of nitriles is 1. The topological polar surface area (TPSA) is 41.6 Å². The number of nitrogens with zero attached hydrogens (tertiary/aromatic N) is 3. The Morgan fingerprint density at radius 2 is 2.22 bits per heavy atom. The number of hydrogen-bond donors (Lipinski definition) is 0. The summed E-state index contributed by atoms with van der Waals surface area (Å²) >= 11 is 0. The molecular weight excluding hydrogens is 222 g/mol. The summed E-state index contributed by atoms with van der Waals surface area (Å²) in [6.45, 7) is 0. The zero-order chi connectivity index (χ0) is 12.2. The van der Waals surface area contributed by atoms with Crippen LogP contribution < -0.4 is 0 Å². The van der Waals surface area contributed by atoms with Crippen molar-refractivity contribution < 1.29 is 0 Å². The average Bonchev–Trinajstić information content (AvgIpc) is 2.91. The van der Waals surface area contributed by atoms with Crippen LogP contribution in [0.15, 0.2) is 36.8 Å². The van der Waals surface area contributed by atoms with Crippen molar-refractivity contribution in [3.05, 3.63) is 42.4 Å². The van der Waals surface area contributed by atoms with E-state index < -0.39 is 0 Å². The number of hydrogen-bond acceptors (Lipinski definition) is 2. The molecule has 2 heterocycles. The zero-order valence-electron chi connectivity index (χ0n) is 10.0. The van der Waals surface area contributed by atoms with Crippen molar-refractivity contribution in [2.45, 2.75) is 25.3 Å². The second-order valence-corrected chi connectivity index (χ2v) is 5.39. The lowest BCUT2D eigenvalue weighted by Crippen LogP contribution is -2.11. The van der Waals surface area contributed by atoms with Gasteiger partial charge in [0.15, 0.2) is 0 Å². The third-order valence-corrected chi connectivity index (χ3v) is 4.27. The predicted octanol–water partition coefficient (Wildman–Crippen LogP) is 3.15. The van der Waals surface area contributed by atoms with Gasteiger partial charge in [0, 0.05) is 5.56 Å². The molecule has 18 heavy (non-hydrogen) atoms. The first kappa shape index (κ1) is 9.90. The first-order valence-electron chi connectivity index (χ1n) is 6.35. The monoisotopic (exact) mass is 235 g/mol. The van der Waals surface area contributed by atoms with Gasteiger partial charge in [-0.15, -0.1) is 0 Å². The Labute approximate surface area is 106 Å². The Balaban J connectivity index is 1.82. The van der Waals surface area contributed by atoms with Crippen LogP contribution >= 0.6 is 0 Å². The van der Waals surface area contributed by atoms with Crippen molar-refractivity contribution in [1.82, 2.24) is 9.55 Å². The molecule has 1 unspecified atom stereocenters. The minimum absolute atomic E-state index is 0.0797. The van der Waals surface area contributed by atoms with Gasteiger partial charge in [0.1, 0.15) is 0 Å². The summed E-state index contributed by atoms with van der Waals surface area (Å²) in [5.41, 5.74) is 3.72. The molecule has 0 radical (unpaired) electrons. The van der Waals surface area contributed by atoms with Gasteiger partial charge in [-0.25, -0.2) is 4.98 Å². The maximum absolute atomic E-state index is 9.29. The molecule has 0 amide bonds. The number of benzene rings is 1. The van der Waals surface area contributed by atoms with E-state index in [2.05, 4.69) is 39.9 Å². The van der Waals surface area contributed by atoms with Crippen LogP contribution in [0.5, 0.6) is 0 Å². The third-order valence-electron chi connectivity index (χ3n) is 4.27. The Hall–Kier alpha value is -2.08. The maximum Gasteiger partial charge on any atom is 0.0956 e. The smallest absolute Gasteiger partial charge is 0.0956 e. The summed E-state index contributed by atoms with van der Waals surface area (Å²) < 4.78 is 2.22. The molecule has 0 spiro atoms. The van der Waals surface area contributed by atoms with Gasteiger partial charge in [-0.05, 0) is 24.8 Å². The first-order chi connectivity index (χ1) is 8.83. The summed E-state index contributed by atoms with van der Waals surface area (Å²) in [6, 6.07) is 11.3. The van der Waals surface area contributed by atoms with Gasteiger partial charge in [-0.1, -0.05) is 24.3 Å². The molecule has 1 saturated carbocycles. The van der Waals surface area contributed by atoms with Crippen LogP contribution in [0.4, 0.5) is 0 Å². The summed E-state index contributed by atoms with van der Waals surface area (Å²) in [5.74, 6) is 0. The minimum Gasteiger partial charge on any atom is -0.323 e. The van der Waals surface area contributed by atoms with Crippen molar-refractivity contribution >= 4 is 0 Å². The van der Waals surface area contributed by atoms with Gasteiger partial charge in [0.2, 0.25) is 0 Å². The standard InChI is InChI=1S/C15H13N3/c16-9-15(5-6-15)7-13-11-3-1-2-4-12(11)14-8-17-10-18(13)14/h1-4,8,10,13H,5-7H2. The highest BCUT2D eigenvalue weighted by Gasteiger charge is 2.46. The number of rotatable bonds is 2. The number of imidazole rings is 1. The van der Waals surface area contributed by atoms with Crippen LogP contribution in [-0.2, 0) is 0 Å². The number of aromatic nitrogens is 2. The van der Waals surface area contributed by atoms with E-state index >= 15 is 0 Å². The SMILES string of the molecule is N#CC1(CC2c3ccccc3-c3cncn32)CC1. The van der Waals surface area contributed by atoms with Crippen LogP contribution in [0.3, 0.4) is 0 Å². The molecule has 0 N–H and O–H groups in total. The molecule has 0 saturated heterocycles. The molecule has 0 bridgehead atoms. The molecule has 2 aliphatic rings. The Kier molecular flexibility index (Phi) is 1.78. The van der Waals surface area contributed by atoms with Crippen molar-refractivity contribution in [3.63, 3.8) is 0 Å². The van der Waals surface area contributed by atoms with E-state index in [0.29, 0.717) is 6.04 Å². The summed E-state index contributed by atoms with van der Waals surface area (Å²) in [5, 5.41) is 9.29. The van der Waals surface area contributed by atoms with Crippen molar-refractivity contribution in [1.29, 1.82) is 5.26 Å². The van der Waals surface area contributed by atoms with Gasteiger partial charge in [0.05, 0.1) is 35.7 Å². The third kappa shape index (κ3) is 1.20. The lowest BCUT2D eigenvalue weighted by atomic mass is 9.93. The highest BCUT2D eigenvalue weighted by Crippen LogP contribution is 2.54. The first-order valence-corrected chi connectivity index (χ1v) is 6.35. The van der Waals surface area contributed by atoms with Gasteiger partial charge < -0.3 is 4.57 Å². The molecule has 88 valence electrons. The number of fused-ring (bicyclic) bond motifs is 3. The Bertz CT molecular complexity index is 658. The van der Waals surface area contributed by atoms with E-state index in [0.717, 1.165) is 19.3 Å². The molecule has 4 rings (SSSR count). The van der Waals surface area contributed by atoms with Gasteiger partial charge >= 0.3 is 0 Å². The Morgan fingerprint density at radius 3 is 3.00 bits per heavy atom. The molecular formula is C15H13N3. The van der Waals surface area contributed by atoms with E-state index in [9.17, 15) is 5.26 Å². The molecule has 3 heteroatoms. The predicted molar refractivity (Wildman–Crippen MR) is 67.7 cm³/mol. The van der Waals surface area contributed by atoms with Crippen LogP contribution in [0.2, 0.25) is 0 Å². The van der Waals surface area contributed by atoms with Crippen molar-refractivity contribution in [2.75, 3.05) is 0 Å². The zero-order valence-corrected chi connectivity index (χ0v) is 10.0. The molecule has 1 aromatic heterocycles. The molecule has 2 aromatic rings. The summed E-state index contributed by atoms with van der Waals surface area (Å²) in [4.78, 5) is 4.25. The van der Waals surface area contributed by atoms with E-state index in [4.69, 9.17) is 0 Å². The lowest BCUT2D eigenvalue weighted by Gasteiger charge is -2.17.